The van der Waals surface area contributed by atoms with Crippen LogP contribution in [0.4, 0.5) is 0 Å². The van der Waals surface area contributed by atoms with Gasteiger partial charge in [-0.2, -0.15) is 0 Å². The summed E-state index contributed by atoms with van der Waals surface area (Å²) in [6.45, 7) is 9.17. The molecule has 0 spiro atoms. The van der Waals surface area contributed by atoms with E-state index in [0.29, 0.717) is 11.5 Å². The first kappa shape index (κ1) is 13.9. The Bertz CT molecular complexity index is 494. The second kappa shape index (κ2) is 4.45. The van der Waals surface area contributed by atoms with Gasteiger partial charge in [0.2, 0.25) is 5.88 Å². The lowest BCUT2D eigenvalue weighted by atomic mass is 9.70. The summed E-state index contributed by atoms with van der Waals surface area (Å²) in [6, 6.07) is 4.00. The van der Waals surface area contributed by atoms with Crippen molar-refractivity contribution in [3.8, 4) is 5.88 Å². The van der Waals surface area contributed by atoms with Crippen molar-refractivity contribution in [2.24, 2.45) is 22.5 Å². The largest absolute Gasteiger partial charge is 0.474 e. The summed E-state index contributed by atoms with van der Waals surface area (Å²) in [7, 11) is 0. The van der Waals surface area contributed by atoms with Crippen molar-refractivity contribution < 1.29 is 4.74 Å². The zero-order valence-corrected chi connectivity index (χ0v) is 13.0. The van der Waals surface area contributed by atoms with E-state index in [1.165, 1.54) is 19.3 Å². The smallest absolute Gasteiger partial charge is 0.213 e. The topological polar surface area (TPSA) is 48.1 Å². The quantitative estimate of drug-likeness (QED) is 0.914. The standard InChI is InChI=1S/C17H26N2O/c1-11(18)12-5-6-15(19-10-12)20-14-9-13-7-8-17(14,4)16(13,2)3/h5-6,10-11,13-14H,7-9,18H2,1-4H3. The van der Waals surface area contributed by atoms with Crippen molar-refractivity contribution >= 4 is 0 Å². The highest BCUT2D eigenvalue weighted by Gasteiger charge is 2.62. The zero-order valence-electron chi connectivity index (χ0n) is 13.0. The number of hydrogen-bond donors (Lipinski definition) is 1. The summed E-state index contributed by atoms with van der Waals surface area (Å²) in [5.74, 6) is 1.53. The van der Waals surface area contributed by atoms with Crippen LogP contribution in [0.1, 0.15) is 58.6 Å². The second-order valence-electron chi connectivity index (χ2n) is 7.44. The third kappa shape index (κ3) is 1.86. The maximum absolute atomic E-state index is 6.23. The summed E-state index contributed by atoms with van der Waals surface area (Å²) in [5, 5.41) is 0. The molecule has 0 aliphatic heterocycles. The van der Waals surface area contributed by atoms with E-state index in [-0.39, 0.29) is 11.5 Å². The summed E-state index contributed by atoms with van der Waals surface area (Å²) in [4.78, 5) is 4.42. The van der Waals surface area contributed by atoms with Gasteiger partial charge >= 0.3 is 0 Å². The fraction of sp³-hybridized carbons (Fsp3) is 0.706. The fourth-order valence-electron chi connectivity index (χ4n) is 4.19. The normalized spacial score (nSPS) is 36.0. The molecule has 0 amide bonds. The van der Waals surface area contributed by atoms with Gasteiger partial charge < -0.3 is 10.5 Å². The lowest BCUT2D eigenvalue weighted by molar-refractivity contribution is 0.0273. The molecule has 1 aromatic heterocycles. The Morgan fingerprint density at radius 3 is 2.55 bits per heavy atom. The SMILES string of the molecule is CC(N)c1ccc(OC2CC3CCC2(C)C3(C)C)nc1. The molecule has 2 N–H and O–H groups in total. The van der Waals surface area contributed by atoms with Crippen LogP contribution < -0.4 is 10.5 Å². The van der Waals surface area contributed by atoms with Gasteiger partial charge in [0.15, 0.2) is 0 Å². The number of fused-ring (bicyclic) bond motifs is 2. The highest BCUT2D eigenvalue weighted by Crippen LogP contribution is 2.66. The number of nitrogens with two attached hydrogens (primary N) is 1. The van der Waals surface area contributed by atoms with Crippen molar-refractivity contribution in [1.29, 1.82) is 0 Å². The minimum Gasteiger partial charge on any atom is -0.474 e. The van der Waals surface area contributed by atoms with E-state index < -0.39 is 0 Å². The average Bonchev–Trinajstić information content (AvgIpc) is 2.72. The lowest BCUT2D eigenvalue weighted by Crippen LogP contribution is -2.39. The Hall–Kier alpha value is -1.09. The maximum atomic E-state index is 6.23. The molecule has 0 radical (unpaired) electrons. The summed E-state index contributed by atoms with van der Waals surface area (Å²) in [6.07, 6.45) is 5.92. The lowest BCUT2D eigenvalue weighted by Gasteiger charge is -2.38. The monoisotopic (exact) mass is 274 g/mol. The van der Waals surface area contributed by atoms with Gasteiger partial charge in [0, 0.05) is 23.7 Å². The molecule has 2 aliphatic rings. The van der Waals surface area contributed by atoms with Gasteiger partial charge in [-0.25, -0.2) is 4.98 Å². The van der Waals surface area contributed by atoms with Gasteiger partial charge in [-0.15, -0.1) is 0 Å². The highest BCUT2D eigenvalue weighted by atomic mass is 16.5. The van der Waals surface area contributed by atoms with Crippen LogP contribution in [0.3, 0.4) is 0 Å². The Kier molecular flexibility index (Phi) is 3.09. The van der Waals surface area contributed by atoms with Crippen LogP contribution in [-0.2, 0) is 0 Å². The van der Waals surface area contributed by atoms with Crippen LogP contribution in [-0.4, -0.2) is 11.1 Å². The molecule has 4 unspecified atom stereocenters. The molecule has 3 rings (SSSR count). The van der Waals surface area contributed by atoms with Crippen LogP contribution in [0.15, 0.2) is 18.3 Å². The molecule has 1 aromatic rings. The van der Waals surface area contributed by atoms with E-state index in [2.05, 4.69) is 25.8 Å². The Morgan fingerprint density at radius 2 is 2.10 bits per heavy atom. The van der Waals surface area contributed by atoms with Crippen molar-refractivity contribution in [2.45, 2.75) is 59.1 Å². The molecule has 0 aromatic carbocycles. The minimum absolute atomic E-state index is 0.0236. The molecule has 4 atom stereocenters. The molecule has 2 saturated carbocycles. The van der Waals surface area contributed by atoms with Crippen LogP contribution in [0.25, 0.3) is 0 Å². The van der Waals surface area contributed by atoms with E-state index in [0.717, 1.165) is 17.4 Å². The van der Waals surface area contributed by atoms with Crippen molar-refractivity contribution in [3.63, 3.8) is 0 Å². The molecule has 1 heterocycles. The molecule has 110 valence electrons. The molecular formula is C17H26N2O. The fourth-order valence-corrected chi connectivity index (χ4v) is 4.19. The van der Waals surface area contributed by atoms with Crippen LogP contribution in [0, 0.1) is 16.7 Å². The Morgan fingerprint density at radius 1 is 1.35 bits per heavy atom. The molecule has 2 bridgehead atoms. The van der Waals surface area contributed by atoms with Crippen LogP contribution in [0.5, 0.6) is 5.88 Å². The number of ether oxygens (including phenoxy) is 1. The van der Waals surface area contributed by atoms with Gasteiger partial charge in [0.25, 0.3) is 0 Å². The third-order valence-electron chi connectivity index (χ3n) is 6.26. The van der Waals surface area contributed by atoms with Crippen molar-refractivity contribution in [1.82, 2.24) is 4.98 Å². The van der Waals surface area contributed by atoms with Crippen LogP contribution >= 0.6 is 0 Å². The maximum Gasteiger partial charge on any atom is 0.213 e. The van der Waals surface area contributed by atoms with E-state index in [4.69, 9.17) is 10.5 Å². The predicted octanol–water partition coefficient (Wildman–Crippen LogP) is 3.69. The van der Waals surface area contributed by atoms with Gasteiger partial charge in [0.05, 0.1) is 0 Å². The number of hydrogen-bond acceptors (Lipinski definition) is 3. The highest BCUT2D eigenvalue weighted by molar-refractivity contribution is 5.21. The summed E-state index contributed by atoms with van der Waals surface area (Å²) < 4.78 is 6.23. The zero-order chi connectivity index (χ0) is 14.5. The molecule has 2 aliphatic carbocycles. The van der Waals surface area contributed by atoms with Crippen molar-refractivity contribution in [3.05, 3.63) is 23.9 Å². The number of pyridine rings is 1. The van der Waals surface area contributed by atoms with Gasteiger partial charge in [-0.05, 0) is 43.1 Å². The summed E-state index contributed by atoms with van der Waals surface area (Å²) in [5.41, 5.74) is 7.56. The Balaban J connectivity index is 1.76. The van der Waals surface area contributed by atoms with Gasteiger partial charge in [0.1, 0.15) is 6.10 Å². The minimum atomic E-state index is 0.0236. The molecule has 3 nitrogen and oxygen atoms in total. The molecular weight excluding hydrogens is 248 g/mol. The number of rotatable bonds is 3. The van der Waals surface area contributed by atoms with Gasteiger partial charge in [-0.3, -0.25) is 0 Å². The molecule has 3 heteroatoms. The first-order valence-electron chi connectivity index (χ1n) is 7.73. The third-order valence-corrected chi connectivity index (χ3v) is 6.26. The number of aromatic nitrogens is 1. The second-order valence-corrected chi connectivity index (χ2v) is 7.44. The average molecular weight is 274 g/mol. The van der Waals surface area contributed by atoms with E-state index in [1.54, 1.807) is 0 Å². The van der Waals surface area contributed by atoms with E-state index >= 15 is 0 Å². The van der Waals surface area contributed by atoms with Crippen LogP contribution in [0.2, 0.25) is 0 Å². The molecule has 20 heavy (non-hydrogen) atoms. The van der Waals surface area contributed by atoms with Gasteiger partial charge in [-0.1, -0.05) is 26.8 Å². The van der Waals surface area contributed by atoms with E-state index in [9.17, 15) is 0 Å². The van der Waals surface area contributed by atoms with Crippen molar-refractivity contribution in [2.75, 3.05) is 0 Å². The Labute approximate surface area is 121 Å². The number of nitrogens with zero attached hydrogens (tertiary/aromatic N) is 1. The summed E-state index contributed by atoms with van der Waals surface area (Å²) >= 11 is 0. The first-order valence-corrected chi connectivity index (χ1v) is 7.73. The predicted molar refractivity (Wildman–Crippen MR) is 80.5 cm³/mol. The molecule has 2 fully saturated rings. The molecule has 0 saturated heterocycles. The van der Waals surface area contributed by atoms with E-state index in [1.807, 2.05) is 25.3 Å². The first-order chi connectivity index (χ1) is 9.34.